The molecule has 1 saturated heterocycles. The maximum absolute atomic E-state index is 14.1. The first-order chi connectivity index (χ1) is 31.5. The summed E-state index contributed by atoms with van der Waals surface area (Å²) in [5.41, 5.74) is 2.76. The molecule has 0 unspecified atom stereocenters. The molecule has 0 aliphatic carbocycles. The SMILES string of the molecule is COc1ccc(C(Nc2ccn([C@H]3C[C@H](O)[C@@H](CO[Si](OC(c4ccccc4)c4ccccc4)(O[Si](C)(C)C)O[Si](C)(C)C)O3)c(=O)n2)(c2ccc(OC)cc2)c2ccc(OC)cc2)cc1. The predicted octanol–water partition coefficient (Wildman–Crippen LogP) is 9.28. The van der Waals surface area contributed by atoms with Gasteiger partial charge in [-0.05, 0) is 110 Å². The number of aliphatic hydroxyl groups excluding tert-OH is 1. The van der Waals surface area contributed by atoms with Gasteiger partial charge in [0, 0.05) is 12.6 Å². The van der Waals surface area contributed by atoms with Gasteiger partial charge in [-0.2, -0.15) is 4.98 Å². The Balaban J connectivity index is 1.19. The predicted molar refractivity (Wildman–Crippen MR) is 262 cm³/mol. The summed E-state index contributed by atoms with van der Waals surface area (Å²) in [6.07, 6.45) is -1.49. The Hall–Kier alpha value is -5.41. The molecule has 1 aromatic heterocycles. The molecule has 5 aromatic carbocycles. The molecule has 348 valence electrons. The first kappa shape index (κ1) is 48.5. The van der Waals surface area contributed by atoms with Crippen molar-refractivity contribution in [2.75, 3.05) is 33.3 Å². The van der Waals surface area contributed by atoms with Crippen molar-refractivity contribution in [3.63, 3.8) is 0 Å². The van der Waals surface area contributed by atoms with Crippen molar-refractivity contribution in [1.82, 2.24) is 9.55 Å². The Morgan fingerprint density at radius 1 is 0.682 bits per heavy atom. The standard InChI is InChI=1S/C50H61N3O10Si3/c1-56-41-26-20-38(21-27-41)50(39-22-28-42(57-2)29-23-39,40-24-30-43(58-3)31-25-40)52-46-32-33-53(49(55)51-46)47-34-44(54)45(60-47)35-59-66(62-64(4,5)6,63-65(7,8)9)61-48(36-16-12-10-13-17-36)37-18-14-11-15-19-37/h10-33,44-45,47-48,54H,34-35H2,1-9H3,(H,51,52,55)/t44-,45+,47+/m0/s1. The highest BCUT2D eigenvalue weighted by Gasteiger charge is 2.55. The summed E-state index contributed by atoms with van der Waals surface area (Å²) in [5.74, 6) is 2.38. The topological polar surface area (TPSA) is 141 Å². The van der Waals surface area contributed by atoms with Crippen molar-refractivity contribution in [1.29, 1.82) is 0 Å². The van der Waals surface area contributed by atoms with E-state index in [0.717, 1.165) is 27.8 Å². The van der Waals surface area contributed by atoms with Gasteiger partial charge in [0.15, 0.2) is 16.6 Å². The zero-order valence-corrected chi connectivity index (χ0v) is 42.1. The second-order valence-corrected chi connectivity index (χ2v) is 29.7. The molecule has 0 bridgehead atoms. The maximum atomic E-state index is 14.1. The third-order valence-corrected chi connectivity index (χ3v) is 18.9. The Labute approximate surface area is 390 Å². The van der Waals surface area contributed by atoms with Crippen molar-refractivity contribution in [3.8, 4) is 17.2 Å². The summed E-state index contributed by atoms with van der Waals surface area (Å²) in [6.45, 7) is 12.3. The molecule has 7 rings (SSSR count). The van der Waals surface area contributed by atoms with Crippen molar-refractivity contribution < 1.29 is 41.1 Å². The molecule has 16 heteroatoms. The lowest BCUT2D eigenvalue weighted by Crippen LogP contribution is -2.60. The van der Waals surface area contributed by atoms with Crippen LogP contribution < -0.4 is 25.2 Å². The van der Waals surface area contributed by atoms with Gasteiger partial charge < -0.3 is 46.5 Å². The minimum Gasteiger partial charge on any atom is -0.497 e. The van der Waals surface area contributed by atoms with E-state index in [9.17, 15) is 9.90 Å². The fourth-order valence-electron chi connectivity index (χ4n) is 7.99. The lowest BCUT2D eigenvalue weighted by molar-refractivity contribution is -0.0682. The molecule has 1 fully saturated rings. The quantitative estimate of drug-likeness (QED) is 0.0557. The molecule has 1 aliphatic heterocycles. The van der Waals surface area contributed by atoms with Crippen LogP contribution in [0.4, 0.5) is 5.82 Å². The van der Waals surface area contributed by atoms with E-state index in [4.69, 9.17) is 36.0 Å². The van der Waals surface area contributed by atoms with Gasteiger partial charge in [0.2, 0.25) is 0 Å². The normalized spacial score (nSPS) is 16.9. The molecule has 2 heterocycles. The Bertz CT molecular complexity index is 2370. The zero-order chi connectivity index (χ0) is 47.1. The summed E-state index contributed by atoms with van der Waals surface area (Å²) in [4.78, 5) is 18.7. The minimum absolute atomic E-state index is 0.106. The molecule has 0 radical (unpaired) electrons. The zero-order valence-electron chi connectivity index (χ0n) is 39.1. The third kappa shape index (κ3) is 11.6. The maximum Gasteiger partial charge on any atom is 0.659 e. The van der Waals surface area contributed by atoms with Gasteiger partial charge in [0.05, 0.1) is 34.0 Å². The molecule has 0 saturated carbocycles. The van der Waals surface area contributed by atoms with E-state index in [0.29, 0.717) is 23.1 Å². The fraction of sp³-hybridized carbons (Fsp3) is 0.320. The van der Waals surface area contributed by atoms with E-state index in [1.165, 1.54) is 4.57 Å². The molecular formula is C50H61N3O10Si3. The van der Waals surface area contributed by atoms with Gasteiger partial charge in [-0.1, -0.05) is 97.1 Å². The van der Waals surface area contributed by atoms with Crippen molar-refractivity contribution in [3.05, 3.63) is 184 Å². The second-order valence-electron chi connectivity index (χ2n) is 18.1. The highest BCUT2D eigenvalue weighted by atomic mass is 28.5. The molecule has 66 heavy (non-hydrogen) atoms. The number of hydrogen-bond donors (Lipinski definition) is 2. The van der Waals surface area contributed by atoms with Crippen LogP contribution in [0.5, 0.6) is 17.2 Å². The summed E-state index contributed by atoms with van der Waals surface area (Å²) in [7, 11) is -3.94. The van der Waals surface area contributed by atoms with Crippen molar-refractivity contribution in [2.45, 2.75) is 75.8 Å². The fourth-order valence-corrected chi connectivity index (χ4v) is 16.4. The number of nitrogens with one attached hydrogen (secondary N) is 1. The third-order valence-electron chi connectivity index (χ3n) is 11.0. The van der Waals surface area contributed by atoms with Crippen LogP contribution >= 0.6 is 0 Å². The lowest BCUT2D eigenvalue weighted by atomic mass is 9.77. The van der Waals surface area contributed by atoms with Crippen molar-refractivity contribution in [2.24, 2.45) is 0 Å². The number of benzene rings is 5. The number of aromatic nitrogens is 2. The van der Waals surface area contributed by atoms with Gasteiger partial charge in [-0.15, -0.1) is 0 Å². The van der Waals surface area contributed by atoms with Crippen LogP contribution in [0, 0.1) is 0 Å². The van der Waals surface area contributed by atoms with Gasteiger partial charge in [-0.25, -0.2) is 4.79 Å². The average molecular weight is 948 g/mol. The van der Waals surface area contributed by atoms with E-state index < -0.39 is 61.5 Å². The molecule has 6 aromatic rings. The van der Waals surface area contributed by atoms with Gasteiger partial charge >= 0.3 is 14.7 Å². The number of hydrogen-bond acceptors (Lipinski definition) is 12. The summed E-state index contributed by atoms with van der Waals surface area (Å²) < 4.78 is 52.1. The lowest BCUT2D eigenvalue weighted by Gasteiger charge is -2.40. The smallest absolute Gasteiger partial charge is 0.497 e. The first-order valence-corrected chi connectivity index (χ1v) is 30.4. The van der Waals surface area contributed by atoms with Crippen LogP contribution in [0.1, 0.15) is 46.6 Å². The van der Waals surface area contributed by atoms with Crippen LogP contribution in [0.25, 0.3) is 0 Å². The van der Waals surface area contributed by atoms with E-state index >= 15 is 0 Å². The van der Waals surface area contributed by atoms with E-state index in [-0.39, 0.29) is 13.0 Å². The monoisotopic (exact) mass is 947 g/mol. The van der Waals surface area contributed by atoms with E-state index in [1.807, 2.05) is 133 Å². The first-order valence-electron chi connectivity index (χ1n) is 22.0. The van der Waals surface area contributed by atoms with E-state index in [1.54, 1.807) is 33.6 Å². The number of anilines is 1. The van der Waals surface area contributed by atoms with Crippen LogP contribution in [-0.4, -0.2) is 80.5 Å². The minimum atomic E-state index is -4.01. The summed E-state index contributed by atoms with van der Waals surface area (Å²) >= 11 is 0. The Morgan fingerprint density at radius 2 is 1.12 bits per heavy atom. The Morgan fingerprint density at radius 3 is 1.52 bits per heavy atom. The van der Waals surface area contributed by atoms with Crippen LogP contribution in [0.15, 0.2) is 151 Å². The molecule has 1 aliphatic rings. The van der Waals surface area contributed by atoms with Gasteiger partial charge in [-0.3, -0.25) is 4.57 Å². The number of rotatable bonds is 20. The van der Waals surface area contributed by atoms with Gasteiger partial charge in [0.25, 0.3) is 0 Å². The van der Waals surface area contributed by atoms with Gasteiger partial charge in [0.1, 0.15) is 47.0 Å². The summed E-state index contributed by atoms with van der Waals surface area (Å²) in [6, 6.07) is 44.8. The molecule has 0 amide bonds. The number of methoxy groups -OCH3 is 3. The average Bonchev–Trinajstić information content (AvgIpc) is 3.68. The highest BCUT2D eigenvalue weighted by Crippen LogP contribution is 2.42. The van der Waals surface area contributed by atoms with Crippen LogP contribution in [0.3, 0.4) is 0 Å². The van der Waals surface area contributed by atoms with Crippen LogP contribution in [0.2, 0.25) is 39.3 Å². The molecule has 2 N–H and O–H groups in total. The number of nitrogens with zero attached hydrogens (tertiary/aromatic N) is 2. The highest BCUT2D eigenvalue weighted by molar-refractivity contribution is 6.83. The molecule has 13 nitrogen and oxygen atoms in total. The number of aliphatic hydroxyl groups is 1. The van der Waals surface area contributed by atoms with Crippen molar-refractivity contribution >= 4 is 31.5 Å². The Kier molecular flexibility index (Phi) is 15.2. The van der Waals surface area contributed by atoms with Crippen LogP contribution in [-0.2, 0) is 27.4 Å². The number of ether oxygens (including phenoxy) is 4. The molecule has 0 spiro atoms. The second kappa shape index (κ2) is 20.6. The largest absolute Gasteiger partial charge is 0.659 e. The van der Waals surface area contributed by atoms with E-state index in [2.05, 4.69) is 49.6 Å². The summed E-state index contributed by atoms with van der Waals surface area (Å²) in [5, 5.41) is 15.2. The molecule has 3 atom stereocenters. The molecular weight excluding hydrogens is 887 g/mol.